The van der Waals surface area contributed by atoms with Crippen molar-refractivity contribution >= 4 is 17.2 Å². The number of thiocarbonyl (C=S) groups is 1. The molecule has 1 rings (SSSR count). The highest BCUT2D eigenvalue weighted by atomic mass is 32.1. The van der Waals surface area contributed by atoms with Gasteiger partial charge in [0, 0.05) is 11.6 Å². The Bertz CT molecular complexity index is 312. The number of benzene rings is 1. The van der Waals surface area contributed by atoms with Crippen molar-refractivity contribution in [1.82, 2.24) is 0 Å². The minimum Gasteiger partial charge on any atom is -0.508 e. The van der Waals surface area contributed by atoms with Gasteiger partial charge in [0.1, 0.15) is 16.5 Å². The van der Waals surface area contributed by atoms with Crippen molar-refractivity contribution in [3.05, 3.63) is 23.8 Å². The molecule has 3 nitrogen and oxygen atoms in total. The van der Waals surface area contributed by atoms with Gasteiger partial charge in [-0.05, 0) is 12.1 Å². The number of rotatable bonds is 2. The monoisotopic (exact) mass is 183 g/mol. The molecule has 3 N–H and O–H groups in total. The topological polar surface area (TPSA) is 55.5 Å². The highest BCUT2D eigenvalue weighted by Crippen LogP contribution is 2.20. The fourth-order valence-electron chi connectivity index (χ4n) is 0.843. The molecule has 64 valence electrons. The quantitative estimate of drug-likeness (QED) is 0.672. The molecule has 0 saturated carbocycles. The molecule has 1 aromatic carbocycles. The first-order chi connectivity index (χ1) is 5.63. The maximum Gasteiger partial charge on any atom is 0.123 e. The second-order valence-electron chi connectivity index (χ2n) is 2.28. The third-order valence-electron chi connectivity index (χ3n) is 1.41. The van der Waals surface area contributed by atoms with Gasteiger partial charge in [0.05, 0.1) is 7.11 Å². The van der Waals surface area contributed by atoms with Gasteiger partial charge in [-0.1, -0.05) is 12.2 Å². The molecule has 0 aromatic heterocycles. The summed E-state index contributed by atoms with van der Waals surface area (Å²) in [6, 6.07) is 4.65. The summed E-state index contributed by atoms with van der Waals surface area (Å²) in [5.74, 6) is 0.634. The summed E-state index contributed by atoms with van der Waals surface area (Å²) in [5.41, 5.74) is 5.97. The van der Waals surface area contributed by atoms with Gasteiger partial charge in [-0.25, -0.2) is 0 Å². The van der Waals surface area contributed by atoms with E-state index in [1.165, 1.54) is 19.2 Å². The van der Waals surface area contributed by atoms with Crippen molar-refractivity contribution in [2.75, 3.05) is 7.11 Å². The van der Waals surface area contributed by atoms with Crippen LogP contribution in [-0.4, -0.2) is 17.2 Å². The molecule has 0 amide bonds. The van der Waals surface area contributed by atoms with Crippen LogP contribution < -0.4 is 10.5 Å². The van der Waals surface area contributed by atoms with Crippen LogP contribution in [0.1, 0.15) is 5.56 Å². The number of phenols is 1. The lowest BCUT2D eigenvalue weighted by Crippen LogP contribution is -2.09. The average molecular weight is 183 g/mol. The van der Waals surface area contributed by atoms with Crippen LogP contribution in [0.15, 0.2) is 18.2 Å². The number of ether oxygens (including phenoxy) is 1. The van der Waals surface area contributed by atoms with E-state index in [9.17, 15) is 5.11 Å². The summed E-state index contributed by atoms with van der Waals surface area (Å²) in [6.45, 7) is 0. The number of nitrogens with two attached hydrogens (primary N) is 1. The molecule has 1 aromatic rings. The molecule has 0 aliphatic carbocycles. The molecule has 0 heterocycles. The molecule has 0 atom stereocenters. The molecule has 0 aliphatic heterocycles. The third kappa shape index (κ3) is 1.85. The Morgan fingerprint density at radius 2 is 2.17 bits per heavy atom. The van der Waals surface area contributed by atoms with E-state index in [1.807, 2.05) is 0 Å². The van der Waals surface area contributed by atoms with Gasteiger partial charge in [-0.15, -0.1) is 0 Å². The van der Waals surface area contributed by atoms with Gasteiger partial charge in [0.15, 0.2) is 0 Å². The Kier molecular flexibility index (Phi) is 2.50. The van der Waals surface area contributed by atoms with Gasteiger partial charge in [0.2, 0.25) is 0 Å². The van der Waals surface area contributed by atoms with Crippen LogP contribution >= 0.6 is 12.2 Å². The first-order valence-electron chi connectivity index (χ1n) is 3.31. The SMILES string of the molecule is COc1cc(O)cc(C(N)=S)c1. The molecule has 0 radical (unpaired) electrons. The maximum absolute atomic E-state index is 9.18. The van der Waals surface area contributed by atoms with Crippen molar-refractivity contribution in [3.63, 3.8) is 0 Å². The molecule has 0 spiro atoms. The highest BCUT2D eigenvalue weighted by molar-refractivity contribution is 7.80. The predicted octanol–water partition coefficient (Wildman–Crippen LogP) is 1.04. The predicted molar refractivity (Wildman–Crippen MR) is 50.5 cm³/mol. The van der Waals surface area contributed by atoms with Crippen LogP contribution in [0.4, 0.5) is 0 Å². The second-order valence-corrected chi connectivity index (χ2v) is 2.72. The number of hydrogen-bond acceptors (Lipinski definition) is 3. The Balaban J connectivity index is 3.15. The molecule has 0 unspecified atom stereocenters. The van der Waals surface area contributed by atoms with E-state index in [4.69, 9.17) is 22.7 Å². The standard InChI is InChI=1S/C8H9NO2S/c1-11-7-3-5(8(9)12)2-6(10)4-7/h2-4,10H,1H3,(H2,9,12). The summed E-state index contributed by atoms with van der Waals surface area (Å²) >= 11 is 4.74. The van der Waals surface area contributed by atoms with Crippen LogP contribution in [0.5, 0.6) is 11.5 Å². The third-order valence-corrected chi connectivity index (χ3v) is 1.65. The van der Waals surface area contributed by atoms with Gasteiger partial charge < -0.3 is 15.6 Å². The molecule has 0 bridgehead atoms. The Morgan fingerprint density at radius 1 is 1.50 bits per heavy atom. The zero-order valence-corrected chi connectivity index (χ0v) is 7.39. The van der Waals surface area contributed by atoms with E-state index in [1.54, 1.807) is 6.07 Å². The molecular formula is C8H9NO2S. The summed E-state index contributed by atoms with van der Waals surface area (Å²) in [7, 11) is 1.51. The normalized spacial score (nSPS) is 9.42. The van der Waals surface area contributed by atoms with Gasteiger partial charge in [0.25, 0.3) is 0 Å². The zero-order chi connectivity index (χ0) is 9.14. The van der Waals surface area contributed by atoms with E-state index in [0.29, 0.717) is 11.3 Å². The van der Waals surface area contributed by atoms with Crippen LogP contribution in [-0.2, 0) is 0 Å². The molecule has 0 fully saturated rings. The molecule has 4 heteroatoms. The maximum atomic E-state index is 9.18. The number of phenolic OH excluding ortho intramolecular Hbond substituents is 1. The average Bonchev–Trinajstić information content (AvgIpc) is 2.03. The Morgan fingerprint density at radius 3 is 2.67 bits per heavy atom. The van der Waals surface area contributed by atoms with Crippen molar-refractivity contribution in [1.29, 1.82) is 0 Å². The van der Waals surface area contributed by atoms with Gasteiger partial charge in [-0.3, -0.25) is 0 Å². The second kappa shape index (κ2) is 3.40. The summed E-state index contributed by atoms with van der Waals surface area (Å²) in [4.78, 5) is 0.240. The summed E-state index contributed by atoms with van der Waals surface area (Å²) in [5, 5.41) is 9.18. The Hall–Kier alpha value is -1.29. The van der Waals surface area contributed by atoms with Gasteiger partial charge in [-0.2, -0.15) is 0 Å². The molecule has 0 saturated heterocycles. The zero-order valence-electron chi connectivity index (χ0n) is 6.57. The fraction of sp³-hybridized carbons (Fsp3) is 0.125. The van der Waals surface area contributed by atoms with Gasteiger partial charge >= 0.3 is 0 Å². The fourth-order valence-corrected chi connectivity index (χ4v) is 0.961. The van der Waals surface area contributed by atoms with Crippen LogP contribution in [0.2, 0.25) is 0 Å². The summed E-state index contributed by atoms with van der Waals surface area (Å²) in [6.07, 6.45) is 0. The van der Waals surface area contributed by atoms with E-state index in [0.717, 1.165) is 0 Å². The number of aromatic hydroxyl groups is 1. The highest BCUT2D eigenvalue weighted by Gasteiger charge is 2.01. The van der Waals surface area contributed by atoms with E-state index < -0.39 is 0 Å². The lowest BCUT2D eigenvalue weighted by Gasteiger charge is -2.03. The van der Waals surface area contributed by atoms with Crippen molar-refractivity contribution in [2.24, 2.45) is 5.73 Å². The van der Waals surface area contributed by atoms with Crippen LogP contribution in [0, 0.1) is 0 Å². The molecule has 12 heavy (non-hydrogen) atoms. The number of hydrogen-bond donors (Lipinski definition) is 2. The summed E-state index contributed by atoms with van der Waals surface area (Å²) < 4.78 is 4.91. The lowest BCUT2D eigenvalue weighted by molar-refractivity contribution is 0.407. The minimum atomic E-state index is 0.0946. The first kappa shape index (κ1) is 8.80. The van der Waals surface area contributed by atoms with Crippen molar-refractivity contribution < 1.29 is 9.84 Å². The van der Waals surface area contributed by atoms with Crippen molar-refractivity contribution in [3.8, 4) is 11.5 Å². The van der Waals surface area contributed by atoms with E-state index >= 15 is 0 Å². The Labute approximate surface area is 75.8 Å². The van der Waals surface area contributed by atoms with E-state index in [2.05, 4.69) is 0 Å². The first-order valence-corrected chi connectivity index (χ1v) is 3.72. The largest absolute Gasteiger partial charge is 0.508 e. The minimum absolute atomic E-state index is 0.0946. The molecule has 0 aliphatic rings. The number of methoxy groups -OCH3 is 1. The lowest BCUT2D eigenvalue weighted by atomic mass is 10.2. The smallest absolute Gasteiger partial charge is 0.123 e. The molecular weight excluding hydrogens is 174 g/mol. The van der Waals surface area contributed by atoms with E-state index in [-0.39, 0.29) is 10.7 Å². The van der Waals surface area contributed by atoms with Crippen LogP contribution in [0.25, 0.3) is 0 Å². The van der Waals surface area contributed by atoms with Crippen molar-refractivity contribution in [2.45, 2.75) is 0 Å². The van der Waals surface area contributed by atoms with Crippen LogP contribution in [0.3, 0.4) is 0 Å².